The second-order valence-electron chi connectivity index (χ2n) is 5.18. The summed E-state index contributed by atoms with van der Waals surface area (Å²) < 4.78 is 0. The van der Waals surface area contributed by atoms with E-state index in [0.29, 0.717) is 6.54 Å². The Kier molecular flexibility index (Phi) is 4.78. The summed E-state index contributed by atoms with van der Waals surface area (Å²) in [6.45, 7) is 2.52. The van der Waals surface area contributed by atoms with Gasteiger partial charge in [0.2, 0.25) is 0 Å². The first-order valence-corrected chi connectivity index (χ1v) is 8.30. The van der Waals surface area contributed by atoms with E-state index in [0.717, 1.165) is 33.8 Å². The standard InChI is InChI=1S/C18H17N3OS/c1-13-4-2-3-5-15(13)18(22)20-11-8-17-21-16(12-23-17)14-6-9-19-10-7-14/h2-7,9-10,12H,8,11H2,1H3,(H,20,22). The average Bonchev–Trinajstić information content (AvgIpc) is 3.05. The molecule has 0 bridgehead atoms. The van der Waals surface area contributed by atoms with Crippen LogP contribution in [0.5, 0.6) is 0 Å². The van der Waals surface area contributed by atoms with Crippen molar-refractivity contribution < 1.29 is 4.79 Å². The molecule has 3 rings (SSSR count). The van der Waals surface area contributed by atoms with Crippen LogP contribution in [-0.4, -0.2) is 22.4 Å². The van der Waals surface area contributed by atoms with E-state index in [9.17, 15) is 4.79 Å². The molecular formula is C18H17N3OS. The van der Waals surface area contributed by atoms with Gasteiger partial charge in [-0.1, -0.05) is 18.2 Å². The number of nitrogens with one attached hydrogen (secondary N) is 1. The van der Waals surface area contributed by atoms with Crippen LogP contribution in [0.3, 0.4) is 0 Å². The highest BCUT2D eigenvalue weighted by molar-refractivity contribution is 7.09. The first kappa shape index (κ1) is 15.4. The maximum Gasteiger partial charge on any atom is 0.251 e. The van der Waals surface area contributed by atoms with E-state index < -0.39 is 0 Å². The molecular weight excluding hydrogens is 306 g/mol. The Hall–Kier alpha value is -2.53. The second kappa shape index (κ2) is 7.15. The second-order valence-corrected chi connectivity index (χ2v) is 6.13. The number of aryl methyl sites for hydroxylation is 1. The monoisotopic (exact) mass is 323 g/mol. The molecule has 2 heterocycles. The molecule has 0 saturated heterocycles. The van der Waals surface area contributed by atoms with Crippen LogP contribution in [0.25, 0.3) is 11.3 Å². The van der Waals surface area contributed by atoms with Gasteiger partial charge in [-0.05, 0) is 30.7 Å². The SMILES string of the molecule is Cc1ccccc1C(=O)NCCc1nc(-c2ccncc2)cs1. The van der Waals surface area contributed by atoms with Crippen molar-refractivity contribution in [1.82, 2.24) is 15.3 Å². The molecule has 0 saturated carbocycles. The Morgan fingerprint density at radius 3 is 2.74 bits per heavy atom. The Labute approximate surface area is 139 Å². The lowest BCUT2D eigenvalue weighted by molar-refractivity contribution is 0.0953. The zero-order valence-electron chi connectivity index (χ0n) is 12.8. The lowest BCUT2D eigenvalue weighted by atomic mass is 10.1. The molecule has 0 unspecified atom stereocenters. The van der Waals surface area contributed by atoms with Crippen molar-refractivity contribution in [2.75, 3.05) is 6.54 Å². The van der Waals surface area contributed by atoms with Gasteiger partial charge in [0.25, 0.3) is 5.91 Å². The summed E-state index contributed by atoms with van der Waals surface area (Å²) in [6.07, 6.45) is 4.25. The van der Waals surface area contributed by atoms with Crippen molar-refractivity contribution >= 4 is 17.2 Å². The van der Waals surface area contributed by atoms with Crippen molar-refractivity contribution in [1.29, 1.82) is 0 Å². The number of carbonyl (C=O) groups excluding carboxylic acids is 1. The van der Waals surface area contributed by atoms with Crippen molar-refractivity contribution in [2.24, 2.45) is 0 Å². The average molecular weight is 323 g/mol. The number of carbonyl (C=O) groups is 1. The number of aromatic nitrogens is 2. The number of rotatable bonds is 5. The summed E-state index contributed by atoms with van der Waals surface area (Å²) in [4.78, 5) is 20.8. The van der Waals surface area contributed by atoms with Gasteiger partial charge in [-0.2, -0.15) is 0 Å². The summed E-state index contributed by atoms with van der Waals surface area (Å²) in [5.41, 5.74) is 3.73. The first-order valence-electron chi connectivity index (χ1n) is 7.42. The molecule has 116 valence electrons. The van der Waals surface area contributed by atoms with Crippen LogP contribution in [0.1, 0.15) is 20.9 Å². The lowest BCUT2D eigenvalue weighted by Crippen LogP contribution is -2.26. The molecule has 1 aromatic carbocycles. The molecule has 0 aliphatic heterocycles. The van der Waals surface area contributed by atoms with Crippen LogP contribution >= 0.6 is 11.3 Å². The summed E-state index contributed by atoms with van der Waals surface area (Å²) in [5.74, 6) is -0.0333. The Balaban J connectivity index is 1.56. The van der Waals surface area contributed by atoms with Crippen LogP contribution in [0.15, 0.2) is 54.2 Å². The number of hydrogen-bond acceptors (Lipinski definition) is 4. The Morgan fingerprint density at radius 1 is 1.17 bits per heavy atom. The molecule has 2 aromatic heterocycles. The lowest BCUT2D eigenvalue weighted by Gasteiger charge is -2.06. The minimum atomic E-state index is -0.0333. The van der Waals surface area contributed by atoms with E-state index in [1.165, 1.54) is 0 Å². The molecule has 4 nitrogen and oxygen atoms in total. The minimum Gasteiger partial charge on any atom is -0.352 e. The van der Waals surface area contributed by atoms with Gasteiger partial charge < -0.3 is 5.32 Å². The van der Waals surface area contributed by atoms with Crippen LogP contribution in [0.2, 0.25) is 0 Å². The normalized spacial score (nSPS) is 10.5. The summed E-state index contributed by atoms with van der Waals surface area (Å²) >= 11 is 1.61. The predicted octanol–water partition coefficient (Wildman–Crippen LogP) is 3.49. The number of amides is 1. The summed E-state index contributed by atoms with van der Waals surface area (Å²) in [5, 5.41) is 6.01. The van der Waals surface area contributed by atoms with Crippen molar-refractivity contribution in [2.45, 2.75) is 13.3 Å². The highest BCUT2D eigenvalue weighted by Crippen LogP contribution is 2.21. The highest BCUT2D eigenvalue weighted by atomic mass is 32.1. The van der Waals surface area contributed by atoms with Gasteiger partial charge in [0.15, 0.2) is 0 Å². The van der Waals surface area contributed by atoms with Gasteiger partial charge in [0.1, 0.15) is 0 Å². The molecule has 3 aromatic rings. The van der Waals surface area contributed by atoms with E-state index in [1.54, 1.807) is 23.7 Å². The molecule has 5 heteroatoms. The van der Waals surface area contributed by atoms with Crippen molar-refractivity contribution in [3.63, 3.8) is 0 Å². The molecule has 23 heavy (non-hydrogen) atoms. The fourth-order valence-corrected chi connectivity index (χ4v) is 3.09. The third-order valence-electron chi connectivity index (χ3n) is 3.54. The zero-order chi connectivity index (χ0) is 16.1. The molecule has 0 fully saturated rings. The number of benzene rings is 1. The van der Waals surface area contributed by atoms with Gasteiger partial charge in [0, 0.05) is 41.9 Å². The minimum absolute atomic E-state index is 0.0333. The first-order chi connectivity index (χ1) is 11.2. The third kappa shape index (κ3) is 3.81. The fourth-order valence-electron chi connectivity index (χ4n) is 2.29. The van der Waals surface area contributed by atoms with E-state index in [1.807, 2.05) is 48.7 Å². The van der Waals surface area contributed by atoms with Crippen molar-refractivity contribution in [3.05, 3.63) is 70.3 Å². The van der Waals surface area contributed by atoms with Gasteiger partial charge in [0.05, 0.1) is 10.7 Å². The van der Waals surface area contributed by atoms with Crippen LogP contribution in [-0.2, 0) is 6.42 Å². The molecule has 1 N–H and O–H groups in total. The van der Waals surface area contributed by atoms with Gasteiger partial charge in [-0.3, -0.25) is 9.78 Å². The smallest absolute Gasteiger partial charge is 0.251 e. The van der Waals surface area contributed by atoms with Crippen LogP contribution in [0.4, 0.5) is 0 Å². The predicted molar refractivity (Wildman–Crippen MR) is 92.6 cm³/mol. The Bertz CT molecular complexity index is 799. The molecule has 0 aliphatic rings. The molecule has 1 amide bonds. The summed E-state index contributed by atoms with van der Waals surface area (Å²) in [6, 6.07) is 11.5. The molecule has 0 aliphatic carbocycles. The van der Waals surface area contributed by atoms with E-state index >= 15 is 0 Å². The van der Waals surface area contributed by atoms with E-state index in [4.69, 9.17) is 0 Å². The number of nitrogens with zero attached hydrogens (tertiary/aromatic N) is 2. The van der Waals surface area contributed by atoms with Crippen LogP contribution in [0, 0.1) is 6.92 Å². The van der Waals surface area contributed by atoms with Crippen molar-refractivity contribution in [3.8, 4) is 11.3 Å². The molecule has 0 radical (unpaired) electrons. The molecule has 0 spiro atoms. The quantitative estimate of drug-likeness (QED) is 0.782. The van der Waals surface area contributed by atoms with E-state index in [-0.39, 0.29) is 5.91 Å². The van der Waals surface area contributed by atoms with Crippen LogP contribution < -0.4 is 5.32 Å². The van der Waals surface area contributed by atoms with Gasteiger partial charge in [-0.25, -0.2) is 4.98 Å². The van der Waals surface area contributed by atoms with Gasteiger partial charge in [-0.15, -0.1) is 11.3 Å². The van der Waals surface area contributed by atoms with Gasteiger partial charge >= 0.3 is 0 Å². The highest BCUT2D eigenvalue weighted by Gasteiger charge is 2.08. The molecule has 0 atom stereocenters. The Morgan fingerprint density at radius 2 is 1.96 bits per heavy atom. The topological polar surface area (TPSA) is 54.9 Å². The largest absolute Gasteiger partial charge is 0.352 e. The zero-order valence-corrected chi connectivity index (χ0v) is 13.6. The number of pyridine rings is 1. The third-order valence-corrected chi connectivity index (χ3v) is 4.45. The summed E-state index contributed by atoms with van der Waals surface area (Å²) in [7, 11) is 0. The number of thiazole rings is 1. The number of hydrogen-bond donors (Lipinski definition) is 1. The van der Waals surface area contributed by atoms with E-state index in [2.05, 4.69) is 15.3 Å². The maximum absolute atomic E-state index is 12.1. The maximum atomic E-state index is 12.1. The fraction of sp³-hybridized carbons (Fsp3) is 0.167.